The summed E-state index contributed by atoms with van der Waals surface area (Å²) >= 11 is 3.46. The number of rotatable bonds is 6. The first-order valence-corrected chi connectivity index (χ1v) is 9.20. The molecule has 7 heteroatoms. The van der Waals surface area contributed by atoms with E-state index in [0.717, 1.165) is 21.1 Å². The van der Waals surface area contributed by atoms with Crippen LogP contribution in [0.15, 0.2) is 65.4 Å². The summed E-state index contributed by atoms with van der Waals surface area (Å²) in [5.41, 5.74) is 2.39. The molecule has 0 aliphatic heterocycles. The van der Waals surface area contributed by atoms with Crippen LogP contribution in [-0.4, -0.2) is 41.4 Å². The van der Waals surface area contributed by atoms with E-state index in [4.69, 9.17) is 0 Å². The number of fused-ring (bicyclic) bond motifs is 1. The molecule has 2 aromatic carbocycles. The van der Waals surface area contributed by atoms with E-state index in [-0.39, 0.29) is 5.91 Å². The summed E-state index contributed by atoms with van der Waals surface area (Å²) in [5.74, 6) is 0.506. The van der Waals surface area contributed by atoms with Crippen molar-refractivity contribution in [3.05, 3.63) is 65.4 Å². The van der Waals surface area contributed by atoms with Crippen LogP contribution in [0.25, 0.3) is 10.9 Å². The molecule has 0 saturated heterocycles. The van der Waals surface area contributed by atoms with Gasteiger partial charge < -0.3 is 15.5 Å². The minimum absolute atomic E-state index is 0.172. The third-order valence-electron chi connectivity index (χ3n) is 3.73. The van der Waals surface area contributed by atoms with E-state index in [1.807, 2.05) is 67.5 Å². The average Bonchev–Trinajstić information content (AvgIpc) is 2.62. The largest absolute Gasteiger partial charge is 0.340 e. The first-order chi connectivity index (χ1) is 13.0. The summed E-state index contributed by atoms with van der Waals surface area (Å²) in [6.07, 6.45) is 4.87. The smallest absolute Gasteiger partial charge is 0.248 e. The summed E-state index contributed by atoms with van der Waals surface area (Å²) in [4.78, 5) is 22.7. The first-order valence-electron chi connectivity index (χ1n) is 8.41. The zero-order valence-corrected chi connectivity index (χ0v) is 16.7. The number of benzene rings is 2. The molecule has 0 atom stereocenters. The molecule has 0 bridgehead atoms. The fourth-order valence-electron chi connectivity index (χ4n) is 2.49. The van der Waals surface area contributed by atoms with Gasteiger partial charge in [-0.3, -0.25) is 4.79 Å². The highest BCUT2D eigenvalue weighted by molar-refractivity contribution is 9.10. The van der Waals surface area contributed by atoms with Crippen molar-refractivity contribution >= 4 is 49.9 Å². The maximum absolute atomic E-state index is 12.1. The van der Waals surface area contributed by atoms with Crippen LogP contribution in [0.5, 0.6) is 0 Å². The quantitative estimate of drug-likeness (QED) is 0.579. The Bertz CT molecular complexity index is 987. The second kappa shape index (κ2) is 8.75. The van der Waals surface area contributed by atoms with E-state index in [9.17, 15) is 4.79 Å². The number of hydrogen-bond acceptors (Lipinski definition) is 5. The predicted octanol–water partition coefficient (Wildman–Crippen LogP) is 4.19. The number of hydrogen-bond donors (Lipinski definition) is 2. The van der Waals surface area contributed by atoms with Crippen molar-refractivity contribution in [1.82, 2.24) is 14.9 Å². The van der Waals surface area contributed by atoms with Crippen molar-refractivity contribution in [2.75, 3.05) is 31.3 Å². The highest BCUT2D eigenvalue weighted by Crippen LogP contribution is 2.26. The van der Waals surface area contributed by atoms with E-state index >= 15 is 0 Å². The van der Waals surface area contributed by atoms with Gasteiger partial charge in [-0.1, -0.05) is 28.1 Å². The Morgan fingerprint density at radius 1 is 1.15 bits per heavy atom. The Kier molecular flexibility index (Phi) is 6.16. The molecule has 0 unspecified atom stereocenters. The topological polar surface area (TPSA) is 70.2 Å². The second-order valence-electron chi connectivity index (χ2n) is 6.24. The van der Waals surface area contributed by atoms with E-state index in [1.54, 1.807) is 0 Å². The number of carbonyl (C=O) groups excluding carboxylic acids is 1. The monoisotopic (exact) mass is 425 g/mol. The molecule has 3 aromatic rings. The lowest BCUT2D eigenvalue weighted by atomic mass is 10.2. The van der Waals surface area contributed by atoms with Gasteiger partial charge in [0.1, 0.15) is 12.1 Å². The molecule has 1 amide bonds. The van der Waals surface area contributed by atoms with E-state index in [1.165, 1.54) is 12.4 Å². The van der Waals surface area contributed by atoms with Crippen LogP contribution >= 0.6 is 15.9 Å². The van der Waals surface area contributed by atoms with Gasteiger partial charge in [-0.25, -0.2) is 9.97 Å². The maximum Gasteiger partial charge on any atom is 0.248 e. The molecular weight excluding hydrogens is 406 g/mol. The molecule has 1 aromatic heterocycles. The minimum atomic E-state index is -0.172. The fourth-order valence-corrected chi connectivity index (χ4v) is 2.89. The number of amides is 1. The van der Waals surface area contributed by atoms with Gasteiger partial charge >= 0.3 is 0 Å². The molecule has 0 aliphatic rings. The molecule has 6 nitrogen and oxygen atoms in total. The lowest BCUT2D eigenvalue weighted by Gasteiger charge is -2.10. The summed E-state index contributed by atoms with van der Waals surface area (Å²) in [7, 11) is 3.90. The summed E-state index contributed by atoms with van der Waals surface area (Å²) in [6.45, 7) is 0.708. The van der Waals surface area contributed by atoms with Gasteiger partial charge in [0.25, 0.3) is 0 Å². The molecule has 2 N–H and O–H groups in total. The molecule has 27 heavy (non-hydrogen) atoms. The third kappa shape index (κ3) is 5.35. The molecule has 0 fully saturated rings. The Balaban J connectivity index is 1.83. The van der Waals surface area contributed by atoms with Crippen LogP contribution in [-0.2, 0) is 4.79 Å². The van der Waals surface area contributed by atoms with Gasteiger partial charge in [-0.05, 0) is 50.5 Å². The SMILES string of the molecule is CN(C)CC=CC(=O)Nc1ccc2ncnc(Nc3cccc(Br)c3)c2c1. The standard InChI is InChI=1S/C20H20BrN5O/c1-26(2)10-4-7-19(27)24-16-8-9-18-17(12-16)20(23-13-22-18)25-15-6-3-5-14(21)11-15/h3-9,11-13H,10H2,1-2H3,(H,24,27)(H,22,23,25). The zero-order valence-electron chi connectivity index (χ0n) is 15.1. The second-order valence-corrected chi connectivity index (χ2v) is 7.16. The third-order valence-corrected chi connectivity index (χ3v) is 4.22. The van der Waals surface area contributed by atoms with Gasteiger partial charge in [-0.2, -0.15) is 0 Å². The van der Waals surface area contributed by atoms with Gasteiger partial charge in [-0.15, -0.1) is 0 Å². The molecule has 138 valence electrons. The number of halogens is 1. The van der Waals surface area contributed by atoms with Crippen molar-refractivity contribution in [3.8, 4) is 0 Å². The van der Waals surface area contributed by atoms with Gasteiger partial charge in [0.05, 0.1) is 5.52 Å². The van der Waals surface area contributed by atoms with Crippen LogP contribution in [0.1, 0.15) is 0 Å². The van der Waals surface area contributed by atoms with Gasteiger partial charge in [0.15, 0.2) is 0 Å². The minimum Gasteiger partial charge on any atom is -0.340 e. The lowest BCUT2D eigenvalue weighted by molar-refractivity contribution is -0.111. The van der Waals surface area contributed by atoms with Crippen LogP contribution in [0.3, 0.4) is 0 Å². The zero-order chi connectivity index (χ0) is 19.2. The number of anilines is 3. The summed E-state index contributed by atoms with van der Waals surface area (Å²) in [6, 6.07) is 13.4. The van der Waals surface area contributed by atoms with Gasteiger partial charge in [0.2, 0.25) is 5.91 Å². The van der Waals surface area contributed by atoms with E-state index in [2.05, 4.69) is 36.5 Å². The van der Waals surface area contributed by atoms with E-state index < -0.39 is 0 Å². The molecule has 0 spiro atoms. The van der Waals surface area contributed by atoms with Gasteiger partial charge in [0, 0.05) is 33.9 Å². The summed E-state index contributed by atoms with van der Waals surface area (Å²) < 4.78 is 0.975. The van der Waals surface area contributed by atoms with Crippen LogP contribution in [0, 0.1) is 0 Å². The maximum atomic E-state index is 12.1. The molecule has 0 radical (unpaired) electrons. The van der Waals surface area contributed by atoms with Crippen LogP contribution in [0.4, 0.5) is 17.2 Å². The molecular formula is C20H20BrN5O. The molecule has 0 saturated carbocycles. The Hall–Kier alpha value is -2.77. The number of carbonyl (C=O) groups is 1. The highest BCUT2D eigenvalue weighted by Gasteiger charge is 2.07. The number of likely N-dealkylation sites (N-methyl/N-ethyl adjacent to an activating group) is 1. The molecule has 1 heterocycles. The Morgan fingerprint density at radius 2 is 2.00 bits per heavy atom. The highest BCUT2D eigenvalue weighted by atomic mass is 79.9. The number of nitrogens with one attached hydrogen (secondary N) is 2. The Morgan fingerprint density at radius 3 is 2.78 bits per heavy atom. The first kappa shape index (κ1) is 19.0. The van der Waals surface area contributed by atoms with Crippen molar-refractivity contribution in [2.45, 2.75) is 0 Å². The number of aromatic nitrogens is 2. The number of nitrogens with zero attached hydrogens (tertiary/aromatic N) is 3. The molecule has 0 aliphatic carbocycles. The lowest BCUT2D eigenvalue weighted by Crippen LogP contribution is -2.12. The predicted molar refractivity (Wildman–Crippen MR) is 113 cm³/mol. The fraction of sp³-hybridized carbons (Fsp3) is 0.150. The van der Waals surface area contributed by atoms with Crippen molar-refractivity contribution in [1.29, 1.82) is 0 Å². The average molecular weight is 426 g/mol. The van der Waals surface area contributed by atoms with E-state index in [0.29, 0.717) is 18.1 Å². The van der Waals surface area contributed by atoms with Crippen LogP contribution in [0.2, 0.25) is 0 Å². The van der Waals surface area contributed by atoms with Crippen molar-refractivity contribution < 1.29 is 4.79 Å². The molecule has 3 rings (SSSR count). The summed E-state index contributed by atoms with van der Waals surface area (Å²) in [5, 5.41) is 7.00. The normalized spacial score (nSPS) is 11.3. The Labute approximate surface area is 166 Å². The van der Waals surface area contributed by atoms with Crippen molar-refractivity contribution in [2.24, 2.45) is 0 Å². The van der Waals surface area contributed by atoms with Crippen molar-refractivity contribution in [3.63, 3.8) is 0 Å². The van der Waals surface area contributed by atoms with Crippen LogP contribution < -0.4 is 10.6 Å².